The van der Waals surface area contributed by atoms with Crippen molar-refractivity contribution in [2.24, 2.45) is 5.73 Å². The highest BCUT2D eigenvalue weighted by Gasteiger charge is 2.09. The van der Waals surface area contributed by atoms with Crippen molar-refractivity contribution in [2.45, 2.75) is 13.5 Å². The fourth-order valence-electron chi connectivity index (χ4n) is 1.79. The first kappa shape index (κ1) is 14.9. The molecule has 0 heterocycles. The molecule has 0 bridgehead atoms. The lowest BCUT2D eigenvalue weighted by atomic mass is 10.1. The maximum absolute atomic E-state index is 8.96. The Labute approximate surface area is 113 Å². The van der Waals surface area contributed by atoms with E-state index >= 15 is 0 Å². The molecule has 100 valence electrons. The minimum atomic E-state index is 0.163. The number of methoxy groups -OCH3 is 1. The van der Waals surface area contributed by atoms with Crippen LogP contribution in [0.3, 0.4) is 0 Å². The Bertz CT molecular complexity index is 410. The minimum absolute atomic E-state index is 0.163. The second kappa shape index (κ2) is 7.31. The van der Waals surface area contributed by atoms with E-state index in [-0.39, 0.29) is 6.61 Å². The fraction of sp³-hybridized carbons (Fsp3) is 0.462. The van der Waals surface area contributed by atoms with E-state index in [0.29, 0.717) is 17.3 Å². The Balaban J connectivity index is 2.88. The largest absolute Gasteiger partial charge is 0.496 e. The zero-order chi connectivity index (χ0) is 13.5. The van der Waals surface area contributed by atoms with E-state index in [1.54, 1.807) is 7.11 Å². The van der Waals surface area contributed by atoms with Crippen molar-refractivity contribution in [3.8, 4) is 5.75 Å². The van der Waals surface area contributed by atoms with Crippen molar-refractivity contribution >= 4 is 17.2 Å². The molecule has 0 saturated heterocycles. The Morgan fingerprint density at radius 1 is 1.50 bits per heavy atom. The second-order valence-corrected chi connectivity index (χ2v) is 4.43. The van der Waals surface area contributed by atoms with E-state index in [2.05, 4.69) is 11.8 Å². The van der Waals surface area contributed by atoms with Crippen LogP contribution in [-0.4, -0.2) is 41.8 Å². The maximum Gasteiger partial charge on any atom is 0.129 e. The van der Waals surface area contributed by atoms with Gasteiger partial charge in [0, 0.05) is 13.1 Å². The van der Waals surface area contributed by atoms with Crippen molar-refractivity contribution in [3.63, 3.8) is 0 Å². The number of nitrogens with two attached hydrogens (primary N) is 1. The van der Waals surface area contributed by atoms with Gasteiger partial charge in [-0.1, -0.05) is 25.2 Å². The molecule has 0 radical (unpaired) electrons. The van der Waals surface area contributed by atoms with Crippen molar-refractivity contribution in [2.75, 3.05) is 26.8 Å². The van der Waals surface area contributed by atoms with Gasteiger partial charge in [-0.05, 0) is 24.2 Å². The topological polar surface area (TPSA) is 58.7 Å². The zero-order valence-corrected chi connectivity index (χ0v) is 11.7. The lowest BCUT2D eigenvalue weighted by molar-refractivity contribution is 0.196. The summed E-state index contributed by atoms with van der Waals surface area (Å²) in [4.78, 5) is 2.48. The summed E-state index contributed by atoms with van der Waals surface area (Å²) in [5.41, 5.74) is 7.49. The molecule has 4 nitrogen and oxygen atoms in total. The van der Waals surface area contributed by atoms with Crippen LogP contribution in [-0.2, 0) is 6.54 Å². The molecule has 0 saturated carbocycles. The fourth-order valence-corrected chi connectivity index (χ4v) is 1.95. The molecule has 0 aliphatic heterocycles. The van der Waals surface area contributed by atoms with Gasteiger partial charge in [0.25, 0.3) is 0 Å². The van der Waals surface area contributed by atoms with Crippen LogP contribution in [0, 0.1) is 0 Å². The highest BCUT2D eigenvalue weighted by molar-refractivity contribution is 7.80. The summed E-state index contributed by atoms with van der Waals surface area (Å²) in [5.74, 6) is 0.694. The van der Waals surface area contributed by atoms with Crippen molar-refractivity contribution < 1.29 is 9.84 Å². The number of thiocarbonyl (C=S) groups is 1. The Hall–Kier alpha value is -1.17. The van der Waals surface area contributed by atoms with Crippen LogP contribution in [0.25, 0.3) is 0 Å². The smallest absolute Gasteiger partial charge is 0.129 e. The first-order chi connectivity index (χ1) is 8.62. The summed E-state index contributed by atoms with van der Waals surface area (Å²) in [7, 11) is 1.60. The molecule has 5 heteroatoms. The lowest BCUT2D eigenvalue weighted by Crippen LogP contribution is -2.26. The van der Waals surface area contributed by atoms with E-state index in [1.807, 2.05) is 18.2 Å². The normalized spacial score (nSPS) is 10.7. The Morgan fingerprint density at radius 3 is 2.72 bits per heavy atom. The number of ether oxygens (including phenoxy) is 1. The number of aliphatic hydroxyl groups is 1. The monoisotopic (exact) mass is 268 g/mol. The van der Waals surface area contributed by atoms with E-state index < -0.39 is 0 Å². The van der Waals surface area contributed by atoms with Crippen LogP contribution >= 0.6 is 12.2 Å². The number of benzene rings is 1. The minimum Gasteiger partial charge on any atom is -0.496 e. The zero-order valence-electron chi connectivity index (χ0n) is 10.8. The summed E-state index contributed by atoms with van der Waals surface area (Å²) in [6, 6.07) is 5.80. The molecule has 0 spiro atoms. The van der Waals surface area contributed by atoms with Crippen LogP contribution in [0.5, 0.6) is 5.75 Å². The lowest BCUT2D eigenvalue weighted by Gasteiger charge is -2.19. The molecule has 0 unspecified atom stereocenters. The molecule has 0 aliphatic carbocycles. The van der Waals surface area contributed by atoms with Crippen LogP contribution < -0.4 is 10.5 Å². The quantitative estimate of drug-likeness (QED) is 0.726. The molecule has 0 aromatic heterocycles. The van der Waals surface area contributed by atoms with E-state index in [4.69, 9.17) is 27.8 Å². The molecule has 1 aromatic carbocycles. The van der Waals surface area contributed by atoms with Crippen LogP contribution in [0.15, 0.2) is 18.2 Å². The molecular weight excluding hydrogens is 248 g/mol. The van der Waals surface area contributed by atoms with Gasteiger partial charge in [0.1, 0.15) is 10.7 Å². The summed E-state index contributed by atoms with van der Waals surface area (Å²) in [6.45, 7) is 4.55. The summed E-state index contributed by atoms with van der Waals surface area (Å²) in [6.07, 6.45) is 0. The summed E-state index contributed by atoms with van der Waals surface area (Å²) in [5, 5.41) is 8.96. The van der Waals surface area contributed by atoms with Crippen LogP contribution in [0.4, 0.5) is 0 Å². The molecular formula is C13H20N2O2S. The predicted octanol–water partition coefficient (Wildman–Crippen LogP) is 1.14. The van der Waals surface area contributed by atoms with E-state index in [1.165, 1.54) is 0 Å². The SMILES string of the molecule is CCN(CCO)Cc1ccc(C(N)=S)c(OC)c1. The van der Waals surface area contributed by atoms with Crippen molar-refractivity contribution in [3.05, 3.63) is 29.3 Å². The van der Waals surface area contributed by atoms with Gasteiger partial charge < -0.3 is 15.6 Å². The summed E-state index contributed by atoms with van der Waals surface area (Å²) >= 11 is 4.97. The van der Waals surface area contributed by atoms with E-state index in [0.717, 1.165) is 24.2 Å². The standard InChI is InChI=1S/C13H20N2O2S/c1-3-15(6-7-16)9-10-4-5-11(13(14)18)12(8-10)17-2/h4-5,8,16H,3,6-7,9H2,1-2H3,(H2,14,18). The number of likely N-dealkylation sites (N-methyl/N-ethyl adjacent to an activating group) is 1. The van der Waals surface area contributed by atoms with Gasteiger partial charge in [-0.15, -0.1) is 0 Å². The van der Waals surface area contributed by atoms with Gasteiger partial charge >= 0.3 is 0 Å². The third-order valence-electron chi connectivity index (χ3n) is 2.80. The Kier molecular flexibility index (Phi) is 6.04. The molecule has 0 fully saturated rings. The van der Waals surface area contributed by atoms with Crippen LogP contribution in [0.1, 0.15) is 18.1 Å². The second-order valence-electron chi connectivity index (χ2n) is 3.99. The summed E-state index contributed by atoms with van der Waals surface area (Å²) < 4.78 is 5.29. The van der Waals surface area contributed by atoms with Gasteiger partial charge in [0.15, 0.2) is 0 Å². The van der Waals surface area contributed by atoms with Gasteiger partial charge in [-0.25, -0.2) is 0 Å². The molecule has 3 N–H and O–H groups in total. The Morgan fingerprint density at radius 2 is 2.22 bits per heavy atom. The van der Waals surface area contributed by atoms with Gasteiger partial charge in [-0.2, -0.15) is 0 Å². The highest BCUT2D eigenvalue weighted by Crippen LogP contribution is 2.21. The number of aliphatic hydroxyl groups excluding tert-OH is 1. The maximum atomic E-state index is 8.96. The first-order valence-corrected chi connectivity index (χ1v) is 6.33. The first-order valence-electron chi connectivity index (χ1n) is 5.92. The number of hydrogen-bond donors (Lipinski definition) is 2. The molecule has 1 rings (SSSR count). The number of rotatable bonds is 7. The molecule has 0 aliphatic rings. The average Bonchev–Trinajstić information content (AvgIpc) is 2.37. The predicted molar refractivity (Wildman–Crippen MR) is 76.9 cm³/mol. The molecule has 1 aromatic rings. The highest BCUT2D eigenvalue weighted by atomic mass is 32.1. The van der Waals surface area contributed by atoms with E-state index in [9.17, 15) is 0 Å². The number of hydrogen-bond acceptors (Lipinski definition) is 4. The van der Waals surface area contributed by atoms with Crippen molar-refractivity contribution in [1.29, 1.82) is 0 Å². The van der Waals surface area contributed by atoms with Gasteiger partial charge in [0.2, 0.25) is 0 Å². The third kappa shape index (κ3) is 3.94. The van der Waals surface area contributed by atoms with Crippen molar-refractivity contribution in [1.82, 2.24) is 4.90 Å². The van der Waals surface area contributed by atoms with Gasteiger partial charge in [0.05, 0.1) is 19.3 Å². The molecule has 18 heavy (non-hydrogen) atoms. The van der Waals surface area contributed by atoms with Crippen LogP contribution in [0.2, 0.25) is 0 Å². The average molecular weight is 268 g/mol. The number of nitrogens with zero attached hydrogens (tertiary/aromatic N) is 1. The molecule has 0 amide bonds. The van der Waals surface area contributed by atoms with Gasteiger partial charge in [-0.3, -0.25) is 4.90 Å². The third-order valence-corrected chi connectivity index (χ3v) is 3.02. The molecule has 0 atom stereocenters.